The molecule has 8 aromatic rings. The van der Waals surface area contributed by atoms with Crippen LogP contribution < -0.4 is 0 Å². The maximum atomic E-state index is 2.49. The van der Waals surface area contributed by atoms with Gasteiger partial charge in [-0.15, -0.1) is 0 Å². The molecule has 0 spiro atoms. The third kappa shape index (κ3) is 4.96. The number of benzene rings is 8. The van der Waals surface area contributed by atoms with Crippen molar-refractivity contribution in [1.82, 2.24) is 0 Å². The van der Waals surface area contributed by atoms with E-state index >= 15 is 0 Å². The van der Waals surface area contributed by atoms with Crippen molar-refractivity contribution in [2.24, 2.45) is 0 Å². The van der Waals surface area contributed by atoms with Crippen LogP contribution in [0.25, 0.3) is 65.0 Å². The van der Waals surface area contributed by atoms with Crippen LogP contribution in [-0.4, -0.2) is 12.5 Å². The highest BCUT2D eigenvalue weighted by Crippen LogP contribution is 2.39. The Morgan fingerprint density at radius 2 is 0.652 bits per heavy atom. The molecule has 12 bridgehead atoms. The largest absolute Gasteiger partial charge is 0.133 e. The summed E-state index contributed by atoms with van der Waals surface area (Å²) in [5, 5.41) is 13.5. The summed E-state index contributed by atoms with van der Waals surface area (Å²) in [4.78, 5) is 0. The lowest BCUT2D eigenvalue weighted by Crippen LogP contribution is -2.07. The normalized spacial score (nSPS) is 17.0. The minimum absolute atomic E-state index is 0.236. The van der Waals surface area contributed by atoms with Gasteiger partial charge in [-0.3, -0.25) is 0 Å². The Balaban J connectivity index is 1.26. The lowest BCUT2D eigenvalue weighted by Gasteiger charge is -2.14. The second-order valence-electron chi connectivity index (χ2n) is 13.2. The molecule has 3 aliphatic heterocycles. The summed E-state index contributed by atoms with van der Waals surface area (Å²) in [5.74, 6) is 4.40. The molecule has 3 aliphatic rings. The van der Waals surface area contributed by atoms with Crippen molar-refractivity contribution in [2.75, 3.05) is 12.5 Å². The highest BCUT2D eigenvalue weighted by molar-refractivity contribution is 7.94. The molecule has 2 unspecified atom stereocenters. The van der Waals surface area contributed by atoms with Gasteiger partial charge in [0, 0.05) is 22.3 Å². The minimum Gasteiger partial charge on any atom is -0.0539 e. The second kappa shape index (κ2) is 11.2. The molecule has 3 heterocycles. The average Bonchev–Trinajstić information content (AvgIpc) is 3.07. The molecule has 0 fully saturated rings. The summed E-state index contributed by atoms with van der Waals surface area (Å²) in [6, 6.07) is 51.6. The van der Waals surface area contributed by atoms with Crippen LogP contribution in [-0.2, 0) is 44.8 Å². The monoisotopic (exact) mass is 628 g/mol. The molecule has 2 atom stereocenters. The van der Waals surface area contributed by atoms with Crippen LogP contribution in [0.1, 0.15) is 22.3 Å². The van der Waals surface area contributed by atoms with Crippen molar-refractivity contribution >= 4 is 75.7 Å². The highest BCUT2D eigenvalue weighted by Gasteiger charge is 2.18. The van der Waals surface area contributed by atoms with Crippen LogP contribution in [0.2, 0.25) is 0 Å². The molecule has 222 valence electrons. The van der Waals surface area contributed by atoms with E-state index in [1.54, 1.807) is 0 Å². The highest BCUT2D eigenvalue weighted by atomic mass is 32.2. The van der Waals surface area contributed by atoms with Crippen LogP contribution in [0.4, 0.5) is 0 Å². The zero-order valence-corrected chi connectivity index (χ0v) is 28.0. The molecule has 11 rings (SSSR count). The van der Waals surface area contributed by atoms with E-state index in [1.165, 1.54) is 87.2 Å². The van der Waals surface area contributed by atoms with Crippen LogP contribution in [0, 0.1) is 0 Å². The first-order valence-corrected chi connectivity index (χ1v) is 20.1. The molecule has 2 heteroatoms. The first-order chi connectivity index (χ1) is 22.6. The Labute approximate surface area is 276 Å². The Hall–Kier alpha value is -4.24. The van der Waals surface area contributed by atoms with Gasteiger partial charge in [0.05, 0.1) is 12.5 Å². The van der Waals surface area contributed by atoms with E-state index in [-0.39, 0.29) is 21.8 Å². The lowest BCUT2D eigenvalue weighted by molar-refractivity contribution is 1.34. The quantitative estimate of drug-likeness (QED) is 0.116. The summed E-state index contributed by atoms with van der Waals surface area (Å²) in [5.41, 5.74) is 8.31. The topological polar surface area (TPSA) is 0 Å². The maximum Gasteiger partial charge on any atom is 0.133 e. The Morgan fingerprint density at radius 3 is 1.09 bits per heavy atom. The molecule has 0 aromatic heterocycles. The molecule has 0 radical (unpaired) electrons. The molecule has 46 heavy (non-hydrogen) atoms. The van der Waals surface area contributed by atoms with Crippen molar-refractivity contribution in [3.05, 3.63) is 156 Å². The van der Waals surface area contributed by atoms with Gasteiger partial charge < -0.3 is 0 Å². The van der Waals surface area contributed by atoms with E-state index < -0.39 is 0 Å². The Bertz CT molecular complexity index is 2260. The van der Waals surface area contributed by atoms with Gasteiger partial charge in [-0.25, -0.2) is 0 Å². The van der Waals surface area contributed by atoms with Crippen molar-refractivity contribution < 1.29 is 0 Å². The van der Waals surface area contributed by atoms with E-state index in [1.807, 2.05) is 0 Å². The van der Waals surface area contributed by atoms with Crippen molar-refractivity contribution in [3.8, 4) is 11.1 Å². The van der Waals surface area contributed by atoms with E-state index in [0.29, 0.717) is 0 Å². The van der Waals surface area contributed by atoms with Gasteiger partial charge in [-0.05, 0) is 98.9 Å². The molecule has 0 N–H and O–H groups in total. The predicted molar refractivity (Wildman–Crippen MR) is 207 cm³/mol. The maximum absolute atomic E-state index is 2.49. The zero-order chi connectivity index (χ0) is 30.8. The summed E-state index contributed by atoms with van der Waals surface area (Å²) in [7, 11) is 0.472. The molecule has 0 saturated heterocycles. The van der Waals surface area contributed by atoms with Crippen molar-refractivity contribution in [2.45, 2.75) is 23.0 Å². The smallest absolute Gasteiger partial charge is 0.0539 e. The minimum atomic E-state index is 0.236. The summed E-state index contributed by atoms with van der Waals surface area (Å²) in [6.07, 6.45) is 4.85. The predicted octanol–water partition coefficient (Wildman–Crippen LogP) is 11.3. The van der Waals surface area contributed by atoms with E-state index in [0.717, 1.165) is 23.0 Å². The van der Waals surface area contributed by atoms with E-state index in [4.69, 9.17) is 0 Å². The second-order valence-corrected chi connectivity index (χ2v) is 17.5. The van der Waals surface area contributed by atoms with E-state index in [2.05, 4.69) is 146 Å². The van der Waals surface area contributed by atoms with Gasteiger partial charge in [0.15, 0.2) is 0 Å². The van der Waals surface area contributed by atoms with E-state index in [9.17, 15) is 0 Å². The van der Waals surface area contributed by atoms with Crippen molar-refractivity contribution in [1.29, 1.82) is 0 Å². The summed E-state index contributed by atoms with van der Waals surface area (Å²) >= 11 is 0. The average molecular weight is 629 g/mol. The SMILES string of the molecule is C[S+]1Cc2ccc(cc2)-c2ccc(cc2)C[S+](C)Cc2ccc3ccc4ccc5c(ccc6ccc7ccc(cc7c65)C1)c4c3c2. The molecule has 0 aliphatic carbocycles. The molecule has 8 aromatic carbocycles. The molecule has 0 amide bonds. The standard InChI is InChI=1S/C44H36S2/c1-45-25-29-3-9-33(10-4-29)34-11-5-30(6-12-34)26-46(2)28-32-8-14-36-16-18-38-20-21-39-40(44(38)42(36)24-32)22-19-37-17-15-35-13-7-31(27-45)23-41(35)43(37)39/h3-24H,25-28H2,1-2H3/q+2. The summed E-state index contributed by atoms with van der Waals surface area (Å²) in [6.45, 7) is 0. The molecule has 0 saturated carbocycles. The Morgan fingerprint density at radius 1 is 0.326 bits per heavy atom. The first-order valence-electron chi connectivity index (χ1n) is 16.1. The molecular formula is C44H36S2+2. The fourth-order valence-corrected chi connectivity index (χ4v) is 10.8. The number of hydrogen-bond donors (Lipinski definition) is 0. The third-order valence-corrected chi connectivity index (χ3v) is 13.1. The van der Waals surface area contributed by atoms with Crippen LogP contribution >= 0.6 is 0 Å². The first kappa shape index (κ1) is 28.0. The number of rotatable bonds is 0. The van der Waals surface area contributed by atoms with Crippen molar-refractivity contribution in [3.63, 3.8) is 0 Å². The van der Waals surface area contributed by atoms with Gasteiger partial charge in [0.2, 0.25) is 0 Å². The van der Waals surface area contributed by atoms with Gasteiger partial charge >= 0.3 is 0 Å². The van der Waals surface area contributed by atoms with Gasteiger partial charge in [0.1, 0.15) is 23.0 Å². The Kier molecular flexibility index (Phi) is 6.84. The zero-order valence-electron chi connectivity index (χ0n) is 26.3. The van der Waals surface area contributed by atoms with Gasteiger partial charge in [-0.1, -0.05) is 121 Å². The number of fused-ring (bicyclic) bond motifs is 2. The fraction of sp³-hybridized carbons (Fsp3) is 0.136. The van der Waals surface area contributed by atoms with Gasteiger partial charge in [-0.2, -0.15) is 0 Å². The van der Waals surface area contributed by atoms with Gasteiger partial charge in [0.25, 0.3) is 0 Å². The molecular weight excluding hydrogens is 593 g/mol. The fourth-order valence-electron chi connectivity index (χ4n) is 7.61. The third-order valence-electron chi connectivity index (χ3n) is 9.82. The van der Waals surface area contributed by atoms with Crippen LogP contribution in [0.15, 0.2) is 133 Å². The lowest BCUT2D eigenvalue weighted by atomic mass is 9.91. The van der Waals surface area contributed by atoms with Crippen LogP contribution in [0.3, 0.4) is 0 Å². The number of hydrogen-bond acceptors (Lipinski definition) is 0. The molecule has 0 nitrogen and oxygen atoms in total. The van der Waals surface area contributed by atoms with Crippen LogP contribution in [0.5, 0.6) is 0 Å². The summed E-state index contributed by atoms with van der Waals surface area (Å²) < 4.78 is 0.